The van der Waals surface area contributed by atoms with Gasteiger partial charge in [-0.1, -0.05) is 0 Å². The van der Waals surface area contributed by atoms with E-state index in [1.54, 1.807) is 11.9 Å². The molecule has 0 rings (SSSR count). The molecule has 0 unspecified atom stereocenters. The summed E-state index contributed by atoms with van der Waals surface area (Å²) in [7, 11) is 5.51. The lowest BCUT2D eigenvalue weighted by atomic mass is 10.6. The van der Waals surface area contributed by atoms with Crippen LogP contribution in [0.15, 0.2) is 0 Å². The number of amides is 2. The first-order valence-electron chi connectivity index (χ1n) is 3.73. The summed E-state index contributed by atoms with van der Waals surface area (Å²) in [5, 5.41) is 2.58. The quantitative estimate of drug-likeness (QED) is 0.596. The molecule has 0 aliphatic heterocycles. The summed E-state index contributed by atoms with van der Waals surface area (Å²) >= 11 is 0. The molecular formula is C7H17N3O. The Balaban J connectivity index is 3.84. The highest BCUT2D eigenvalue weighted by Gasteiger charge is 2.08. The number of nitrogens with one attached hydrogen (secondary N) is 1. The number of hydrogen-bond acceptors (Lipinski definition) is 2. The minimum Gasteiger partial charge on any atom is -0.341 e. The maximum Gasteiger partial charge on any atom is 0.318 e. The van der Waals surface area contributed by atoms with Crippen molar-refractivity contribution in [3.8, 4) is 0 Å². The third kappa shape index (κ3) is 3.83. The van der Waals surface area contributed by atoms with Crippen molar-refractivity contribution in [3.05, 3.63) is 0 Å². The molecule has 0 aromatic carbocycles. The van der Waals surface area contributed by atoms with Gasteiger partial charge in [-0.15, -0.1) is 0 Å². The van der Waals surface area contributed by atoms with E-state index in [1.807, 2.05) is 25.9 Å². The zero-order valence-electron chi connectivity index (χ0n) is 7.72. The van der Waals surface area contributed by atoms with Gasteiger partial charge in [0, 0.05) is 13.6 Å². The van der Waals surface area contributed by atoms with Crippen molar-refractivity contribution in [3.63, 3.8) is 0 Å². The molecule has 0 aromatic rings. The van der Waals surface area contributed by atoms with Gasteiger partial charge in [0.1, 0.15) is 0 Å². The van der Waals surface area contributed by atoms with Gasteiger partial charge in [-0.25, -0.2) is 4.79 Å². The molecule has 0 bridgehead atoms. The van der Waals surface area contributed by atoms with Gasteiger partial charge >= 0.3 is 6.03 Å². The molecule has 0 aliphatic rings. The molecule has 66 valence electrons. The van der Waals surface area contributed by atoms with E-state index in [2.05, 4.69) is 5.32 Å². The van der Waals surface area contributed by atoms with Crippen LogP contribution in [0.5, 0.6) is 0 Å². The predicted molar refractivity (Wildman–Crippen MR) is 45.4 cm³/mol. The van der Waals surface area contributed by atoms with Crippen LogP contribution in [0, 0.1) is 0 Å². The van der Waals surface area contributed by atoms with Crippen molar-refractivity contribution in [1.82, 2.24) is 15.1 Å². The first-order valence-corrected chi connectivity index (χ1v) is 3.73. The molecule has 1 N–H and O–H groups in total. The molecule has 0 aliphatic carbocycles. The molecule has 0 radical (unpaired) electrons. The SMILES string of the molecule is CCN(CN(C)C)C(=O)NC. The summed E-state index contributed by atoms with van der Waals surface area (Å²) in [6, 6.07) is -0.0267. The maximum absolute atomic E-state index is 11.1. The molecule has 11 heavy (non-hydrogen) atoms. The third-order valence-corrected chi connectivity index (χ3v) is 1.34. The fourth-order valence-electron chi connectivity index (χ4n) is 0.807. The van der Waals surface area contributed by atoms with Gasteiger partial charge in [-0.2, -0.15) is 0 Å². The molecule has 0 aromatic heterocycles. The number of nitrogens with zero attached hydrogens (tertiary/aromatic N) is 2. The molecule has 0 fully saturated rings. The van der Waals surface area contributed by atoms with E-state index < -0.39 is 0 Å². The van der Waals surface area contributed by atoms with E-state index in [0.29, 0.717) is 6.67 Å². The first kappa shape index (κ1) is 10.2. The number of carbonyl (C=O) groups is 1. The fraction of sp³-hybridized carbons (Fsp3) is 0.857. The van der Waals surface area contributed by atoms with Crippen LogP contribution < -0.4 is 5.32 Å². The highest BCUT2D eigenvalue weighted by atomic mass is 16.2. The van der Waals surface area contributed by atoms with Crippen molar-refractivity contribution < 1.29 is 4.79 Å². The zero-order chi connectivity index (χ0) is 8.85. The standard InChI is InChI=1S/C7H17N3O/c1-5-10(6-9(3)4)7(11)8-2/h5-6H2,1-4H3,(H,8,11). The summed E-state index contributed by atoms with van der Waals surface area (Å²) < 4.78 is 0. The Morgan fingerprint density at radius 1 is 1.45 bits per heavy atom. The lowest BCUT2D eigenvalue weighted by Gasteiger charge is -2.23. The second-order valence-electron chi connectivity index (χ2n) is 2.63. The van der Waals surface area contributed by atoms with E-state index >= 15 is 0 Å². The Labute approximate surface area is 68.2 Å². The van der Waals surface area contributed by atoms with Gasteiger partial charge in [0.15, 0.2) is 0 Å². The van der Waals surface area contributed by atoms with Crippen LogP contribution in [0.3, 0.4) is 0 Å². The summed E-state index contributed by atoms with van der Waals surface area (Å²) in [4.78, 5) is 14.7. The Kier molecular flexibility index (Phi) is 4.61. The van der Waals surface area contributed by atoms with E-state index in [0.717, 1.165) is 6.54 Å². The van der Waals surface area contributed by atoms with Crippen LogP contribution in [0.4, 0.5) is 4.79 Å². The summed E-state index contributed by atoms with van der Waals surface area (Å²) in [6.07, 6.45) is 0. The van der Waals surface area contributed by atoms with Crippen LogP contribution in [-0.2, 0) is 0 Å². The number of hydrogen-bond donors (Lipinski definition) is 1. The Morgan fingerprint density at radius 2 is 2.00 bits per heavy atom. The molecule has 0 heterocycles. The molecule has 0 spiro atoms. The first-order chi connectivity index (χ1) is 5.11. The molecular weight excluding hydrogens is 142 g/mol. The molecule has 4 nitrogen and oxygen atoms in total. The average molecular weight is 159 g/mol. The number of urea groups is 1. The van der Waals surface area contributed by atoms with Crippen LogP contribution in [0.25, 0.3) is 0 Å². The van der Waals surface area contributed by atoms with Crippen molar-refractivity contribution >= 4 is 6.03 Å². The molecule has 2 amide bonds. The van der Waals surface area contributed by atoms with Crippen LogP contribution >= 0.6 is 0 Å². The Hall–Kier alpha value is -0.770. The summed E-state index contributed by atoms with van der Waals surface area (Å²) in [5.41, 5.74) is 0. The van der Waals surface area contributed by atoms with Gasteiger partial charge in [-0.3, -0.25) is 4.90 Å². The van der Waals surface area contributed by atoms with Crippen molar-refractivity contribution in [2.45, 2.75) is 6.92 Å². The average Bonchev–Trinajstić information content (AvgIpc) is 1.98. The van der Waals surface area contributed by atoms with Gasteiger partial charge < -0.3 is 10.2 Å². The Morgan fingerprint density at radius 3 is 2.27 bits per heavy atom. The largest absolute Gasteiger partial charge is 0.341 e. The second-order valence-corrected chi connectivity index (χ2v) is 2.63. The van der Waals surface area contributed by atoms with Crippen LogP contribution in [0.1, 0.15) is 6.92 Å². The number of rotatable bonds is 3. The van der Waals surface area contributed by atoms with E-state index in [1.165, 1.54) is 0 Å². The minimum absolute atomic E-state index is 0.0267. The second kappa shape index (κ2) is 4.96. The smallest absolute Gasteiger partial charge is 0.318 e. The summed E-state index contributed by atoms with van der Waals surface area (Å²) in [5.74, 6) is 0. The van der Waals surface area contributed by atoms with Crippen molar-refractivity contribution in [1.29, 1.82) is 0 Å². The molecule has 4 heteroatoms. The highest BCUT2D eigenvalue weighted by Crippen LogP contribution is 1.89. The number of carbonyl (C=O) groups excluding carboxylic acids is 1. The van der Waals surface area contributed by atoms with Crippen LogP contribution in [0.2, 0.25) is 0 Å². The maximum atomic E-state index is 11.1. The lowest BCUT2D eigenvalue weighted by Crippen LogP contribution is -2.42. The van der Waals surface area contributed by atoms with Gasteiger partial charge in [-0.05, 0) is 21.0 Å². The van der Waals surface area contributed by atoms with Crippen LogP contribution in [-0.4, -0.2) is 50.2 Å². The summed E-state index contributed by atoms with van der Waals surface area (Å²) in [6.45, 7) is 3.35. The van der Waals surface area contributed by atoms with Crippen molar-refractivity contribution in [2.75, 3.05) is 34.4 Å². The lowest BCUT2D eigenvalue weighted by molar-refractivity contribution is 0.172. The van der Waals surface area contributed by atoms with E-state index in [4.69, 9.17) is 0 Å². The van der Waals surface area contributed by atoms with Gasteiger partial charge in [0.25, 0.3) is 0 Å². The van der Waals surface area contributed by atoms with Crippen molar-refractivity contribution in [2.24, 2.45) is 0 Å². The van der Waals surface area contributed by atoms with E-state index in [9.17, 15) is 4.79 Å². The normalized spacial score (nSPS) is 9.91. The monoisotopic (exact) mass is 159 g/mol. The molecule has 0 atom stereocenters. The predicted octanol–water partition coefficient (Wildman–Crippen LogP) is 0.167. The Bertz CT molecular complexity index is 125. The van der Waals surface area contributed by atoms with Gasteiger partial charge in [0.05, 0.1) is 6.67 Å². The zero-order valence-corrected chi connectivity index (χ0v) is 7.72. The topological polar surface area (TPSA) is 35.6 Å². The van der Waals surface area contributed by atoms with Gasteiger partial charge in [0.2, 0.25) is 0 Å². The third-order valence-electron chi connectivity index (χ3n) is 1.34. The fourth-order valence-corrected chi connectivity index (χ4v) is 0.807. The molecule has 0 saturated carbocycles. The minimum atomic E-state index is -0.0267. The van der Waals surface area contributed by atoms with E-state index in [-0.39, 0.29) is 6.03 Å². The molecule has 0 saturated heterocycles. The highest BCUT2D eigenvalue weighted by molar-refractivity contribution is 5.73.